The van der Waals surface area contributed by atoms with E-state index in [0.29, 0.717) is 0 Å². The smallest absolute Gasteiger partial charge is 1.00 e. The van der Waals surface area contributed by atoms with Crippen LogP contribution in [0.4, 0.5) is 0 Å². The van der Waals surface area contributed by atoms with Gasteiger partial charge in [0.1, 0.15) is 0 Å². The quantitative estimate of drug-likeness (QED) is 0.431. The Kier molecular flexibility index (Phi) is 3.19. The molecule has 3 aromatic rings. The van der Waals surface area contributed by atoms with Gasteiger partial charge in [-0.15, -0.1) is 0 Å². The molecule has 2 heterocycles. The summed E-state index contributed by atoms with van der Waals surface area (Å²) in [5, 5.41) is 2.28. The van der Waals surface area contributed by atoms with Gasteiger partial charge in [-0.1, -0.05) is 24.3 Å². The Bertz CT molecular complexity index is 561. The molecule has 0 N–H and O–H groups in total. The van der Waals surface area contributed by atoms with Gasteiger partial charge in [0.05, 0.1) is 11.0 Å². The number of pyridine rings is 2. The van der Waals surface area contributed by atoms with Crippen molar-refractivity contribution in [1.82, 2.24) is 9.97 Å². The van der Waals surface area contributed by atoms with Crippen LogP contribution in [0, 0.1) is 0 Å². The minimum atomic E-state index is 0. The number of rotatable bonds is 0. The molecule has 0 amide bonds. The van der Waals surface area contributed by atoms with Crippen molar-refractivity contribution in [2.24, 2.45) is 0 Å². The van der Waals surface area contributed by atoms with Gasteiger partial charge in [-0.25, -0.2) is 0 Å². The Morgan fingerprint density at radius 3 is 1.67 bits per heavy atom. The van der Waals surface area contributed by atoms with Crippen LogP contribution in [-0.2, 0) is 0 Å². The Hall–Kier alpha value is -0.700. The van der Waals surface area contributed by atoms with Gasteiger partial charge in [0, 0.05) is 23.2 Å². The number of hydrogen-bond donors (Lipinski definition) is 0. The molecule has 0 aliphatic heterocycles. The Balaban J connectivity index is 0.000000853. The SMILES string of the molecule is [Ca+2].[H-].[H-].c1cnc2c(c1)ccc1cccnc12. The van der Waals surface area contributed by atoms with Gasteiger partial charge in [-0.05, 0) is 12.1 Å². The average molecular weight is 222 g/mol. The van der Waals surface area contributed by atoms with Gasteiger partial charge < -0.3 is 2.85 Å². The third-order valence-electron chi connectivity index (χ3n) is 2.34. The van der Waals surface area contributed by atoms with Crippen molar-refractivity contribution < 1.29 is 2.85 Å². The van der Waals surface area contributed by atoms with E-state index in [2.05, 4.69) is 34.2 Å². The Morgan fingerprint density at radius 2 is 1.20 bits per heavy atom. The third kappa shape index (κ3) is 1.85. The fourth-order valence-corrected chi connectivity index (χ4v) is 1.68. The number of hydrogen-bond acceptors (Lipinski definition) is 2. The molecule has 0 atom stereocenters. The molecule has 0 unspecified atom stereocenters. The summed E-state index contributed by atoms with van der Waals surface area (Å²) in [5.74, 6) is 0. The van der Waals surface area contributed by atoms with E-state index in [1.807, 2.05) is 12.1 Å². The van der Waals surface area contributed by atoms with E-state index >= 15 is 0 Å². The van der Waals surface area contributed by atoms with Gasteiger partial charge in [0.25, 0.3) is 0 Å². The van der Waals surface area contributed by atoms with Crippen LogP contribution in [0.2, 0.25) is 0 Å². The normalized spacial score (nSPS) is 10.1. The molecule has 0 aliphatic carbocycles. The van der Waals surface area contributed by atoms with Crippen LogP contribution in [0.15, 0.2) is 48.8 Å². The second-order valence-electron chi connectivity index (χ2n) is 3.22. The first-order valence-corrected chi connectivity index (χ1v) is 4.53. The second kappa shape index (κ2) is 4.43. The average Bonchev–Trinajstić information content (AvgIpc) is 2.29. The largest absolute Gasteiger partial charge is 2.00 e. The standard InChI is InChI=1S/C12H8N2.Ca.2H/c1-3-9-5-6-10-4-2-8-14-12(10)11(9)13-7-1;;;/h1-8H;;;/q;+2;2*-1. The summed E-state index contributed by atoms with van der Waals surface area (Å²) in [4.78, 5) is 8.69. The molecule has 70 valence electrons. The summed E-state index contributed by atoms with van der Waals surface area (Å²) in [6.07, 6.45) is 3.60. The molecule has 3 heteroatoms. The number of benzene rings is 1. The predicted molar refractivity (Wildman–Crippen MR) is 65.0 cm³/mol. The van der Waals surface area contributed by atoms with Crippen molar-refractivity contribution >= 4 is 59.5 Å². The molecule has 1 aromatic carbocycles. The maximum atomic E-state index is 4.35. The zero-order valence-corrected chi connectivity index (χ0v) is 10.4. The topological polar surface area (TPSA) is 25.8 Å². The zero-order valence-electron chi connectivity index (χ0n) is 10.2. The molecular weight excluding hydrogens is 212 g/mol. The molecule has 3 rings (SSSR count). The maximum Gasteiger partial charge on any atom is 2.00 e. The first kappa shape index (κ1) is 10.8. The van der Waals surface area contributed by atoms with E-state index in [1.165, 1.54) is 0 Å². The maximum absolute atomic E-state index is 4.35. The van der Waals surface area contributed by atoms with E-state index in [1.54, 1.807) is 12.4 Å². The molecule has 0 saturated heterocycles. The minimum absolute atomic E-state index is 0. The summed E-state index contributed by atoms with van der Waals surface area (Å²) in [5.41, 5.74) is 1.95. The van der Waals surface area contributed by atoms with Crippen molar-refractivity contribution in [1.29, 1.82) is 0 Å². The molecule has 0 spiro atoms. The predicted octanol–water partition coefficient (Wildman–Crippen LogP) is 2.63. The number of nitrogens with zero attached hydrogens (tertiary/aromatic N) is 2. The van der Waals surface area contributed by atoms with Crippen LogP contribution < -0.4 is 0 Å². The first-order chi connectivity index (χ1) is 6.95. The summed E-state index contributed by atoms with van der Waals surface area (Å²) in [7, 11) is 0. The third-order valence-corrected chi connectivity index (χ3v) is 2.34. The van der Waals surface area contributed by atoms with Gasteiger partial charge in [0.15, 0.2) is 0 Å². The fourth-order valence-electron chi connectivity index (χ4n) is 1.68. The van der Waals surface area contributed by atoms with Crippen molar-refractivity contribution in [3.05, 3.63) is 48.8 Å². The molecule has 15 heavy (non-hydrogen) atoms. The molecule has 0 bridgehead atoms. The van der Waals surface area contributed by atoms with Gasteiger partial charge in [-0.3, -0.25) is 9.97 Å². The van der Waals surface area contributed by atoms with Crippen LogP contribution >= 0.6 is 0 Å². The van der Waals surface area contributed by atoms with Crippen LogP contribution in [0.25, 0.3) is 21.8 Å². The van der Waals surface area contributed by atoms with Gasteiger partial charge in [0.2, 0.25) is 0 Å². The summed E-state index contributed by atoms with van der Waals surface area (Å²) >= 11 is 0. The van der Waals surface area contributed by atoms with Crippen molar-refractivity contribution in [2.45, 2.75) is 0 Å². The van der Waals surface area contributed by atoms with E-state index in [4.69, 9.17) is 0 Å². The van der Waals surface area contributed by atoms with Crippen LogP contribution in [0.3, 0.4) is 0 Å². The van der Waals surface area contributed by atoms with Crippen molar-refractivity contribution in [3.63, 3.8) is 0 Å². The van der Waals surface area contributed by atoms with E-state index in [9.17, 15) is 0 Å². The molecule has 2 aromatic heterocycles. The van der Waals surface area contributed by atoms with Crippen molar-refractivity contribution in [2.75, 3.05) is 0 Å². The summed E-state index contributed by atoms with van der Waals surface area (Å²) in [6.45, 7) is 0. The number of aromatic nitrogens is 2. The van der Waals surface area contributed by atoms with Gasteiger partial charge >= 0.3 is 37.7 Å². The summed E-state index contributed by atoms with van der Waals surface area (Å²) < 4.78 is 0. The Labute approximate surface area is 120 Å². The second-order valence-corrected chi connectivity index (χ2v) is 3.22. The van der Waals surface area contributed by atoms with E-state index in [-0.39, 0.29) is 40.6 Å². The van der Waals surface area contributed by atoms with Crippen LogP contribution in [-0.4, -0.2) is 47.7 Å². The van der Waals surface area contributed by atoms with E-state index < -0.39 is 0 Å². The monoisotopic (exact) mass is 222 g/mol. The Morgan fingerprint density at radius 1 is 0.733 bits per heavy atom. The minimum Gasteiger partial charge on any atom is -1.00 e. The molecule has 0 fully saturated rings. The first-order valence-electron chi connectivity index (χ1n) is 4.53. The van der Waals surface area contributed by atoms with Crippen LogP contribution in [0.5, 0.6) is 0 Å². The summed E-state index contributed by atoms with van der Waals surface area (Å²) in [6, 6.07) is 12.1. The molecule has 0 aliphatic rings. The van der Waals surface area contributed by atoms with Crippen LogP contribution in [0.1, 0.15) is 2.85 Å². The zero-order chi connectivity index (χ0) is 9.38. The van der Waals surface area contributed by atoms with Gasteiger partial charge in [-0.2, -0.15) is 0 Å². The molecular formula is C12H10CaN2. The molecule has 2 nitrogen and oxygen atoms in total. The number of fused-ring (bicyclic) bond motifs is 3. The molecule has 0 radical (unpaired) electrons. The fraction of sp³-hybridized carbons (Fsp3) is 0. The van der Waals surface area contributed by atoms with Crippen molar-refractivity contribution in [3.8, 4) is 0 Å². The molecule has 0 saturated carbocycles. The van der Waals surface area contributed by atoms with E-state index in [0.717, 1.165) is 21.8 Å².